The van der Waals surface area contributed by atoms with E-state index in [-0.39, 0.29) is 10.6 Å². The van der Waals surface area contributed by atoms with Gasteiger partial charge in [-0.3, -0.25) is 15.2 Å². The summed E-state index contributed by atoms with van der Waals surface area (Å²) < 4.78 is 1.72. The van der Waals surface area contributed by atoms with Crippen LogP contribution in [0.25, 0.3) is 5.65 Å². The third-order valence-corrected chi connectivity index (χ3v) is 3.83. The Kier molecular flexibility index (Phi) is 4.10. The number of hydrogen-bond acceptors (Lipinski definition) is 4. The maximum Gasteiger partial charge on any atom is 0.269 e. The summed E-state index contributed by atoms with van der Waals surface area (Å²) in [7, 11) is 0. The molecule has 3 rings (SSSR count). The van der Waals surface area contributed by atoms with Crippen LogP contribution in [0.1, 0.15) is 43.3 Å². The predicted octanol–water partition coefficient (Wildman–Crippen LogP) is 3.26. The molecule has 2 heterocycles. The molecular weight excluding hydrogens is 294 g/mol. The smallest absolute Gasteiger partial charge is 0.269 e. The van der Waals surface area contributed by atoms with Gasteiger partial charge >= 0.3 is 0 Å². The van der Waals surface area contributed by atoms with Crippen molar-refractivity contribution >= 4 is 11.3 Å². The average molecular weight is 313 g/mol. The van der Waals surface area contributed by atoms with Crippen molar-refractivity contribution in [1.82, 2.24) is 19.8 Å². The number of benzene rings is 1. The van der Waals surface area contributed by atoms with Gasteiger partial charge in [0.05, 0.1) is 4.92 Å². The van der Waals surface area contributed by atoms with Crippen LogP contribution in [-0.4, -0.2) is 24.7 Å². The average Bonchev–Trinajstić information content (AvgIpc) is 3.06. The molecule has 1 N–H and O–H groups in total. The number of nitro groups is 1. The van der Waals surface area contributed by atoms with Crippen LogP contribution in [0.5, 0.6) is 0 Å². The third kappa shape index (κ3) is 3.39. The molecule has 0 saturated carbocycles. The van der Waals surface area contributed by atoms with E-state index in [1.807, 2.05) is 6.07 Å². The number of H-pyrrole nitrogens is 1. The zero-order chi connectivity index (χ0) is 16.4. The molecule has 0 aliphatic rings. The molecule has 0 spiro atoms. The van der Waals surface area contributed by atoms with E-state index in [1.54, 1.807) is 28.9 Å². The van der Waals surface area contributed by atoms with Crippen LogP contribution >= 0.6 is 0 Å². The molecule has 7 heteroatoms. The molecule has 0 saturated heterocycles. The molecular formula is C16H19N5O2. The zero-order valence-corrected chi connectivity index (χ0v) is 13.2. The Labute approximate surface area is 133 Å². The fourth-order valence-electron chi connectivity index (χ4n) is 2.47. The third-order valence-electron chi connectivity index (χ3n) is 3.83. The van der Waals surface area contributed by atoms with Gasteiger partial charge in [0, 0.05) is 30.3 Å². The van der Waals surface area contributed by atoms with Gasteiger partial charge in [-0.05, 0) is 24.3 Å². The van der Waals surface area contributed by atoms with Crippen LogP contribution in [0, 0.1) is 10.1 Å². The maximum atomic E-state index is 10.6. The first-order valence-electron chi connectivity index (χ1n) is 7.71. The van der Waals surface area contributed by atoms with Gasteiger partial charge in [0.15, 0.2) is 11.5 Å². The van der Waals surface area contributed by atoms with Crippen LogP contribution in [0.15, 0.2) is 30.3 Å². The Hall–Kier alpha value is -2.70. The number of nitrogens with one attached hydrogen (secondary N) is 1. The van der Waals surface area contributed by atoms with E-state index < -0.39 is 0 Å². The Morgan fingerprint density at radius 1 is 1.26 bits per heavy atom. The highest BCUT2D eigenvalue weighted by atomic mass is 16.6. The molecule has 0 aliphatic heterocycles. The number of hydrogen-bond donors (Lipinski definition) is 1. The molecule has 3 aromatic rings. The van der Waals surface area contributed by atoms with Crippen LogP contribution in [-0.2, 0) is 12.8 Å². The number of aromatic amines is 1. The van der Waals surface area contributed by atoms with Gasteiger partial charge < -0.3 is 0 Å². The lowest BCUT2D eigenvalue weighted by Crippen LogP contribution is -1.96. The molecule has 0 atom stereocenters. The summed E-state index contributed by atoms with van der Waals surface area (Å²) in [5.74, 6) is 1.23. The van der Waals surface area contributed by atoms with E-state index in [0.29, 0.717) is 5.92 Å². The van der Waals surface area contributed by atoms with Gasteiger partial charge in [-0.25, -0.2) is 4.98 Å². The lowest BCUT2D eigenvalue weighted by atomic mass is 10.1. The van der Waals surface area contributed by atoms with Crippen molar-refractivity contribution in [2.45, 2.75) is 39.0 Å². The number of fused-ring (bicyclic) bond motifs is 1. The molecule has 0 bridgehead atoms. The number of nitro benzene ring substituents is 1. The van der Waals surface area contributed by atoms with E-state index in [0.717, 1.165) is 42.0 Å². The summed E-state index contributed by atoms with van der Waals surface area (Å²) >= 11 is 0. The highest BCUT2D eigenvalue weighted by Crippen LogP contribution is 2.16. The molecule has 23 heavy (non-hydrogen) atoms. The van der Waals surface area contributed by atoms with E-state index in [9.17, 15) is 10.1 Å². The maximum absolute atomic E-state index is 10.6. The standard InChI is InChI=1S/C16H19N5O2/c1-11(2)14-10-16-17-15(19-20(16)18-14)5-3-4-12-6-8-13(9-7-12)21(22)23/h6-11,18H,3-5H2,1-2H3. The van der Waals surface area contributed by atoms with Crippen molar-refractivity contribution in [3.63, 3.8) is 0 Å². The van der Waals surface area contributed by atoms with Gasteiger partial charge in [0.2, 0.25) is 0 Å². The van der Waals surface area contributed by atoms with Gasteiger partial charge in [-0.1, -0.05) is 26.0 Å². The monoisotopic (exact) mass is 313 g/mol. The van der Waals surface area contributed by atoms with Crippen LogP contribution in [0.3, 0.4) is 0 Å². The van der Waals surface area contributed by atoms with E-state index in [2.05, 4.69) is 29.0 Å². The molecule has 1 aromatic carbocycles. The van der Waals surface area contributed by atoms with Crippen LogP contribution in [0.2, 0.25) is 0 Å². The van der Waals surface area contributed by atoms with E-state index >= 15 is 0 Å². The molecule has 0 radical (unpaired) electrons. The highest BCUT2D eigenvalue weighted by Gasteiger charge is 2.09. The normalized spacial score (nSPS) is 11.4. The van der Waals surface area contributed by atoms with Crippen molar-refractivity contribution in [2.75, 3.05) is 0 Å². The number of aromatic nitrogens is 4. The molecule has 0 fully saturated rings. The lowest BCUT2D eigenvalue weighted by Gasteiger charge is -2.00. The predicted molar refractivity (Wildman–Crippen MR) is 86.5 cm³/mol. The first-order valence-corrected chi connectivity index (χ1v) is 7.71. The first-order chi connectivity index (χ1) is 11.0. The summed E-state index contributed by atoms with van der Waals surface area (Å²) in [6.07, 6.45) is 2.54. The van der Waals surface area contributed by atoms with E-state index in [4.69, 9.17) is 0 Å². The van der Waals surface area contributed by atoms with Gasteiger partial charge in [-0.15, -0.1) is 5.10 Å². The van der Waals surface area contributed by atoms with Crippen molar-refractivity contribution in [3.05, 3.63) is 57.5 Å². The largest absolute Gasteiger partial charge is 0.280 e. The summed E-state index contributed by atoms with van der Waals surface area (Å²) in [5.41, 5.74) is 3.18. The van der Waals surface area contributed by atoms with Gasteiger partial charge in [-0.2, -0.15) is 4.63 Å². The first kappa shape index (κ1) is 15.2. The number of aryl methyl sites for hydroxylation is 2. The van der Waals surface area contributed by atoms with Crippen molar-refractivity contribution in [2.24, 2.45) is 0 Å². The minimum Gasteiger partial charge on any atom is -0.280 e. The number of non-ortho nitro benzene ring substituents is 1. The fraction of sp³-hybridized carbons (Fsp3) is 0.375. The number of nitrogens with zero attached hydrogens (tertiary/aromatic N) is 4. The number of rotatable bonds is 6. The quantitative estimate of drug-likeness (QED) is 0.558. The second-order valence-electron chi connectivity index (χ2n) is 5.94. The summed E-state index contributed by atoms with van der Waals surface area (Å²) in [6.45, 7) is 4.24. The molecule has 120 valence electrons. The SMILES string of the molecule is CC(C)c1cc2nc(CCCc3ccc([N+](=O)[O-])cc3)nn2[nH]1. The fourth-order valence-corrected chi connectivity index (χ4v) is 2.47. The zero-order valence-electron chi connectivity index (χ0n) is 13.2. The Balaban J connectivity index is 1.57. The Bertz CT molecular complexity index is 785. The second kappa shape index (κ2) is 6.20. The van der Waals surface area contributed by atoms with Gasteiger partial charge in [0.25, 0.3) is 5.69 Å². The van der Waals surface area contributed by atoms with Crippen molar-refractivity contribution in [3.8, 4) is 0 Å². The van der Waals surface area contributed by atoms with Crippen LogP contribution < -0.4 is 0 Å². The second-order valence-corrected chi connectivity index (χ2v) is 5.94. The molecule has 0 aliphatic carbocycles. The topological polar surface area (TPSA) is 89.1 Å². The van der Waals surface area contributed by atoms with Crippen LogP contribution in [0.4, 0.5) is 5.69 Å². The minimum atomic E-state index is -0.383. The Morgan fingerprint density at radius 2 is 2.00 bits per heavy atom. The Morgan fingerprint density at radius 3 is 2.61 bits per heavy atom. The van der Waals surface area contributed by atoms with E-state index in [1.165, 1.54) is 0 Å². The van der Waals surface area contributed by atoms with Gasteiger partial charge in [0.1, 0.15) is 0 Å². The molecule has 2 aromatic heterocycles. The molecule has 7 nitrogen and oxygen atoms in total. The summed E-state index contributed by atoms with van der Waals surface area (Å²) in [5, 5.41) is 18.3. The highest BCUT2D eigenvalue weighted by molar-refractivity contribution is 5.39. The molecule has 0 amide bonds. The minimum absolute atomic E-state index is 0.125. The molecule has 0 unspecified atom stereocenters. The van der Waals surface area contributed by atoms with Crippen molar-refractivity contribution in [1.29, 1.82) is 0 Å². The summed E-state index contributed by atoms with van der Waals surface area (Å²) in [6, 6.07) is 8.72. The lowest BCUT2D eigenvalue weighted by molar-refractivity contribution is -0.384. The van der Waals surface area contributed by atoms with Crippen molar-refractivity contribution < 1.29 is 4.92 Å². The summed E-state index contributed by atoms with van der Waals surface area (Å²) in [4.78, 5) is 14.8.